The molecule has 0 fully saturated rings. The molecule has 15 rings (SSSR count). The molecular formula is C66H39N7S. The van der Waals surface area contributed by atoms with Gasteiger partial charge in [0.25, 0.3) is 0 Å². The lowest BCUT2D eigenvalue weighted by atomic mass is 9.89. The maximum atomic E-state index is 5.27. The second-order valence-electron chi connectivity index (χ2n) is 18.6. The zero-order valence-electron chi connectivity index (χ0n) is 39.6. The maximum absolute atomic E-state index is 5.27. The quantitative estimate of drug-likeness (QED) is 0.141. The molecule has 0 radical (unpaired) electrons. The molecule has 7 nitrogen and oxygen atoms in total. The Morgan fingerprint density at radius 1 is 0.243 bits per heavy atom. The van der Waals surface area contributed by atoms with Gasteiger partial charge in [-0.3, -0.25) is 4.57 Å². The van der Waals surface area contributed by atoms with Crippen LogP contribution < -0.4 is 0 Å². The minimum absolute atomic E-state index is 0.569. The summed E-state index contributed by atoms with van der Waals surface area (Å²) in [5, 5.41) is 9.48. The Morgan fingerprint density at radius 2 is 0.649 bits per heavy atom. The molecule has 0 saturated carbocycles. The van der Waals surface area contributed by atoms with Crippen LogP contribution in [0.5, 0.6) is 0 Å². The first-order valence-corrected chi connectivity index (χ1v) is 25.5. The van der Waals surface area contributed by atoms with Gasteiger partial charge in [0.2, 0.25) is 5.95 Å². The molecule has 8 heteroatoms. The van der Waals surface area contributed by atoms with Crippen molar-refractivity contribution in [1.82, 2.24) is 34.5 Å². The monoisotopic (exact) mass is 961 g/mol. The summed E-state index contributed by atoms with van der Waals surface area (Å²) < 4.78 is 4.56. The predicted molar refractivity (Wildman–Crippen MR) is 305 cm³/mol. The molecule has 0 N–H and O–H groups in total. The van der Waals surface area contributed by atoms with Gasteiger partial charge >= 0.3 is 0 Å². The van der Waals surface area contributed by atoms with Gasteiger partial charge in [-0.1, -0.05) is 218 Å². The Labute approximate surface area is 428 Å². The van der Waals surface area contributed by atoms with Gasteiger partial charge in [-0.05, 0) is 51.0 Å². The average molecular weight is 962 g/mol. The molecule has 0 atom stereocenters. The molecule has 15 aromatic rings. The number of rotatable bonds is 8. The summed E-state index contributed by atoms with van der Waals surface area (Å²) in [4.78, 5) is 31.2. The van der Waals surface area contributed by atoms with Crippen LogP contribution in [0, 0.1) is 0 Å². The molecule has 11 aromatic carbocycles. The van der Waals surface area contributed by atoms with E-state index in [9.17, 15) is 0 Å². The van der Waals surface area contributed by atoms with Gasteiger partial charge in [-0.15, -0.1) is 11.3 Å². The minimum atomic E-state index is 0.569. The van der Waals surface area contributed by atoms with E-state index in [0.29, 0.717) is 35.1 Å². The lowest BCUT2D eigenvalue weighted by Crippen LogP contribution is -2.06. The van der Waals surface area contributed by atoms with Gasteiger partial charge in [0, 0.05) is 69.7 Å². The highest BCUT2D eigenvalue weighted by Crippen LogP contribution is 2.50. The Balaban J connectivity index is 0.945. The van der Waals surface area contributed by atoms with Crippen LogP contribution in [0.25, 0.3) is 149 Å². The van der Waals surface area contributed by atoms with Crippen LogP contribution in [0.15, 0.2) is 237 Å². The van der Waals surface area contributed by atoms with Crippen molar-refractivity contribution in [3.63, 3.8) is 0 Å². The molecule has 0 aliphatic rings. The average Bonchev–Trinajstić information content (AvgIpc) is 4.08. The van der Waals surface area contributed by atoms with E-state index in [0.717, 1.165) is 65.6 Å². The first kappa shape index (κ1) is 42.0. The summed E-state index contributed by atoms with van der Waals surface area (Å²) in [7, 11) is 0. The Bertz CT molecular complexity index is 4570. The van der Waals surface area contributed by atoms with Gasteiger partial charge in [0.15, 0.2) is 29.1 Å². The molecule has 0 aliphatic carbocycles. The van der Waals surface area contributed by atoms with Crippen LogP contribution in [0.1, 0.15) is 0 Å². The SMILES string of the molecule is c1ccc(-c2ccc(-c3nc(-c4ccccc4)nc(-c4cccc5c4sc4c(-c6ccc7c8c6c6ccccc6c6cccc(c68)n7-c6nc(-c7ccccc7)nc(-c7ccccc7)n6)cccc45)n3)cc2)cc1. The van der Waals surface area contributed by atoms with Gasteiger partial charge in [0.1, 0.15) is 0 Å². The van der Waals surface area contributed by atoms with Crippen LogP contribution in [0.2, 0.25) is 0 Å². The largest absolute Gasteiger partial charge is 0.278 e. The van der Waals surface area contributed by atoms with Crippen molar-refractivity contribution in [2.75, 3.05) is 0 Å². The summed E-state index contributed by atoms with van der Waals surface area (Å²) in [6, 6.07) is 82.7. The summed E-state index contributed by atoms with van der Waals surface area (Å²) >= 11 is 1.80. The van der Waals surface area contributed by atoms with E-state index >= 15 is 0 Å². The van der Waals surface area contributed by atoms with Crippen molar-refractivity contribution in [2.24, 2.45) is 0 Å². The fraction of sp³-hybridized carbons (Fsp3) is 0. The molecule has 0 aliphatic heterocycles. The minimum Gasteiger partial charge on any atom is -0.278 e. The van der Waals surface area contributed by atoms with Crippen molar-refractivity contribution in [3.05, 3.63) is 237 Å². The smallest absolute Gasteiger partial charge is 0.238 e. The maximum Gasteiger partial charge on any atom is 0.238 e. The second-order valence-corrected chi connectivity index (χ2v) is 19.6. The molecule has 74 heavy (non-hydrogen) atoms. The van der Waals surface area contributed by atoms with Crippen molar-refractivity contribution in [2.45, 2.75) is 0 Å². The van der Waals surface area contributed by atoms with E-state index in [1.54, 1.807) is 11.3 Å². The topological polar surface area (TPSA) is 82.3 Å². The van der Waals surface area contributed by atoms with E-state index in [2.05, 4.69) is 180 Å². The summed E-state index contributed by atoms with van der Waals surface area (Å²) in [6.07, 6.45) is 0. The van der Waals surface area contributed by atoms with E-state index in [4.69, 9.17) is 29.9 Å². The Morgan fingerprint density at radius 3 is 1.26 bits per heavy atom. The highest BCUT2D eigenvalue weighted by atomic mass is 32.1. The normalized spacial score (nSPS) is 11.8. The number of thiophene rings is 1. The third-order valence-electron chi connectivity index (χ3n) is 14.3. The molecule has 0 unspecified atom stereocenters. The van der Waals surface area contributed by atoms with E-state index in [1.165, 1.54) is 48.0 Å². The summed E-state index contributed by atoms with van der Waals surface area (Å²) in [5.74, 6) is 3.70. The van der Waals surface area contributed by atoms with E-state index < -0.39 is 0 Å². The zero-order valence-corrected chi connectivity index (χ0v) is 40.4. The number of hydrogen-bond acceptors (Lipinski definition) is 7. The molecule has 0 saturated heterocycles. The lowest BCUT2D eigenvalue weighted by Gasteiger charge is -2.14. The van der Waals surface area contributed by atoms with Gasteiger partial charge in [0.05, 0.1) is 11.0 Å². The highest BCUT2D eigenvalue weighted by molar-refractivity contribution is 7.26. The zero-order chi connectivity index (χ0) is 48.7. The Kier molecular flexibility index (Phi) is 9.61. The van der Waals surface area contributed by atoms with Gasteiger partial charge < -0.3 is 0 Å². The number of nitrogens with zero attached hydrogens (tertiary/aromatic N) is 7. The van der Waals surface area contributed by atoms with Crippen LogP contribution in [0.4, 0.5) is 0 Å². The Hall–Kier alpha value is -9.76. The van der Waals surface area contributed by atoms with Crippen LogP contribution in [-0.4, -0.2) is 34.5 Å². The third kappa shape index (κ3) is 6.73. The lowest BCUT2D eigenvalue weighted by molar-refractivity contribution is 0.954. The number of aromatic nitrogens is 7. The van der Waals surface area contributed by atoms with Crippen LogP contribution in [-0.2, 0) is 0 Å². The van der Waals surface area contributed by atoms with Gasteiger partial charge in [-0.2, -0.15) is 9.97 Å². The fourth-order valence-corrected chi connectivity index (χ4v) is 12.3. The molecular weight excluding hydrogens is 923 g/mol. The van der Waals surface area contributed by atoms with E-state index in [1.807, 2.05) is 60.7 Å². The summed E-state index contributed by atoms with van der Waals surface area (Å²) in [6.45, 7) is 0. The highest BCUT2D eigenvalue weighted by Gasteiger charge is 2.26. The standard InChI is InChI=1S/C66H39N7S/c1-5-18-40(19-6-1)41-34-36-45(37-35-41)62-67-61(42-20-7-2-8-21-42)69-65(70-62)53-32-16-31-52-51-30-15-29-50(59(51)74-60(52)53)49-38-39-55-58-56(49)47-27-14-13-26-46(47)48-28-17-33-54(57(48)58)73(55)66-71-63(43-22-9-3-10-23-43)68-64(72-66)44-24-11-4-12-25-44/h1-39H. The van der Waals surface area contributed by atoms with Crippen molar-refractivity contribution >= 4 is 74.9 Å². The van der Waals surface area contributed by atoms with Crippen molar-refractivity contribution in [1.29, 1.82) is 0 Å². The first-order valence-electron chi connectivity index (χ1n) is 24.7. The molecule has 4 aromatic heterocycles. The molecule has 0 spiro atoms. The van der Waals surface area contributed by atoms with Gasteiger partial charge in [-0.25, -0.2) is 19.9 Å². The van der Waals surface area contributed by atoms with E-state index in [-0.39, 0.29) is 0 Å². The van der Waals surface area contributed by atoms with Crippen LogP contribution >= 0.6 is 11.3 Å². The number of benzene rings is 11. The second kappa shape index (κ2) is 16.9. The molecule has 4 heterocycles. The van der Waals surface area contributed by atoms with Crippen LogP contribution in [0.3, 0.4) is 0 Å². The predicted octanol–water partition coefficient (Wildman–Crippen LogP) is 16.9. The number of hydrogen-bond donors (Lipinski definition) is 0. The number of fused-ring (bicyclic) bond motifs is 6. The first-order chi connectivity index (χ1) is 36.7. The fourth-order valence-electron chi connectivity index (χ4n) is 10.9. The molecule has 344 valence electrons. The van der Waals surface area contributed by atoms with Crippen molar-refractivity contribution < 1.29 is 0 Å². The van der Waals surface area contributed by atoms with Crippen molar-refractivity contribution in [3.8, 4) is 85.1 Å². The summed E-state index contributed by atoms with van der Waals surface area (Å²) in [5.41, 5.74) is 11.4. The molecule has 0 bridgehead atoms. The molecule has 0 amide bonds. The third-order valence-corrected chi connectivity index (χ3v) is 15.6.